The van der Waals surface area contributed by atoms with Crippen LogP contribution in [-0.4, -0.2) is 42.0 Å². The summed E-state index contributed by atoms with van der Waals surface area (Å²) in [6, 6.07) is 4.41. The van der Waals surface area contributed by atoms with Gasteiger partial charge < -0.3 is 9.80 Å². The number of hydrogen-bond acceptors (Lipinski definition) is 3. The summed E-state index contributed by atoms with van der Waals surface area (Å²) < 4.78 is 28.5. The molecule has 1 aromatic carbocycles. The first-order chi connectivity index (χ1) is 11.9. The monoisotopic (exact) mass is 457 g/mol. The molecule has 0 aliphatic carbocycles. The van der Waals surface area contributed by atoms with Gasteiger partial charge in [0, 0.05) is 35.9 Å². The van der Waals surface area contributed by atoms with Gasteiger partial charge in [-0.3, -0.25) is 4.79 Å². The van der Waals surface area contributed by atoms with E-state index in [1.165, 1.54) is 17.0 Å². The van der Waals surface area contributed by atoms with Gasteiger partial charge in [-0.25, -0.2) is 13.8 Å². The Morgan fingerprint density at radius 1 is 1.08 bits per heavy atom. The summed E-state index contributed by atoms with van der Waals surface area (Å²) in [6.45, 7) is 5.96. The minimum Gasteiger partial charge on any atom is -0.353 e. The Balaban J connectivity index is 1.73. The van der Waals surface area contributed by atoms with Gasteiger partial charge in [-0.15, -0.1) is 0 Å². The number of aryl methyl sites for hydroxylation is 2. The van der Waals surface area contributed by atoms with E-state index in [9.17, 15) is 13.6 Å². The molecule has 0 bridgehead atoms. The highest BCUT2D eigenvalue weighted by molar-refractivity contribution is 14.1. The van der Waals surface area contributed by atoms with Crippen LogP contribution in [0.25, 0.3) is 0 Å². The Morgan fingerprint density at radius 2 is 1.68 bits per heavy atom. The van der Waals surface area contributed by atoms with Gasteiger partial charge in [-0.1, -0.05) is 6.07 Å². The largest absolute Gasteiger partial charge is 0.353 e. The van der Waals surface area contributed by atoms with Crippen molar-refractivity contribution in [2.24, 2.45) is 0 Å². The molecule has 1 fully saturated rings. The van der Waals surface area contributed by atoms with Gasteiger partial charge in [0.05, 0.1) is 0 Å². The van der Waals surface area contributed by atoms with Crippen LogP contribution >= 0.6 is 22.6 Å². The van der Waals surface area contributed by atoms with E-state index < -0.39 is 23.1 Å². The van der Waals surface area contributed by atoms with Crippen molar-refractivity contribution in [2.45, 2.75) is 13.8 Å². The molecule has 0 N–H and O–H groups in total. The van der Waals surface area contributed by atoms with Crippen LogP contribution in [0.5, 0.6) is 0 Å². The number of aromatic nitrogens is 1. The normalized spacial score (nSPS) is 14.8. The number of carbonyl (C=O) groups excluding carboxylic acids is 1. The van der Waals surface area contributed by atoms with Gasteiger partial charge in [0.15, 0.2) is 0 Å². The maximum Gasteiger partial charge on any atom is 0.259 e. The van der Waals surface area contributed by atoms with Crippen molar-refractivity contribution in [3.63, 3.8) is 0 Å². The molecule has 25 heavy (non-hydrogen) atoms. The third kappa shape index (κ3) is 3.75. The van der Waals surface area contributed by atoms with Crippen molar-refractivity contribution in [2.75, 3.05) is 31.1 Å². The van der Waals surface area contributed by atoms with Crippen LogP contribution < -0.4 is 4.90 Å². The number of piperazine rings is 1. The molecule has 1 saturated heterocycles. The number of carbonyl (C=O) groups is 1. The highest BCUT2D eigenvalue weighted by atomic mass is 127. The second-order valence-corrected chi connectivity index (χ2v) is 7.42. The number of anilines is 1. The van der Waals surface area contributed by atoms with Crippen LogP contribution in [0.1, 0.15) is 21.5 Å². The van der Waals surface area contributed by atoms with E-state index in [0.29, 0.717) is 29.7 Å². The molecule has 2 heterocycles. The zero-order chi connectivity index (χ0) is 18.1. The molecule has 0 radical (unpaired) electrons. The molecule has 3 rings (SSSR count). The highest BCUT2D eigenvalue weighted by Crippen LogP contribution is 2.22. The summed E-state index contributed by atoms with van der Waals surface area (Å²) in [5.74, 6) is -1.33. The molecule has 1 aliphatic heterocycles. The average molecular weight is 457 g/mol. The zero-order valence-electron chi connectivity index (χ0n) is 14.0. The van der Waals surface area contributed by atoms with Crippen molar-refractivity contribution in [3.05, 3.63) is 56.3 Å². The Kier molecular flexibility index (Phi) is 5.21. The van der Waals surface area contributed by atoms with Crippen molar-refractivity contribution in [1.82, 2.24) is 9.88 Å². The summed E-state index contributed by atoms with van der Waals surface area (Å²) in [6.07, 6.45) is 1.82. The maximum absolute atomic E-state index is 14.0. The van der Waals surface area contributed by atoms with Gasteiger partial charge in [0.1, 0.15) is 23.0 Å². The van der Waals surface area contributed by atoms with E-state index in [1.54, 1.807) is 0 Å². The van der Waals surface area contributed by atoms with Crippen molar-refractivity contribution in [3.8, 4) is 0 Å². The van der Waals surface area contributed by atoms with Gasteiger partial charge >= 0.3 is 0 Å². The third-order valence-corrected chi connectivity index (χ3v) is 4.90. The van der Waals surface area contributed by atoms with Gasteiger partial charge in [0.2, 0.25) is 0 Å². The quantitative estimate of drug-likeness (QED) is 0.648. The summed E-state index contributed by atoms with van der Waals surface area (Å²) in [7, 11) is 0. The molecule has 2 aromatic rings. The van der Waals surface area contributed by atoms with Crippen LogP contribution in [-0.2, 0) is 0 Å². The Bertz CT molecular complexity index is 797. The zero-order valence-corrected chi connectivity index (χ0v) is 16.2. The lowest BCUT2D eigenvalue weighted by Gasteiger charge is -2.36. The minimum atomic E-state index is -0.812. The fourth-order valence-electron chi connectivity index (χ4n) is 3.07. The number of nitrogens with zero attached hydrogens (tertiary/aromatic N) is 3. The van der Waals surface area contributed by atoms with Gasteiger partial charge in [0.25, 0.3) is 5.91 Å². The van der Waals surface area contributed by atoms with E-state index in [-0.39, 0.29) is 0 Å². The number of pyridine rings is 1. The smallest absolute Gasteiger partial charge is 0.259 e. The first kappa shape index (κ1) is 18.0. The van der Waals surface area contributed by atoms with Crippen LogP contribution in [0, 0.1) is 29.1 Å². The van der Waals surface area contributed by atoms with Crippen LogP contribution in [0.3, 0.4) is 0 Å². The third-order valence-electron chi connectivity index (χ3n) is 4.27. The van der Waals surface area contributed by atoms with E-state index >= 15 is 0 Å². The number of halogens is 3. The van der Waals surface area contributed by atoms with Crippen molar-refractivity contribution >= 4 is 34.3 Å². The topological polar surface area (TPSA) is 36.4 Å². The second kappa shape index (κ2) is 7.23. The second-order valence-electron chi connectivity index (χ2n) is 6.18. The van der Waals surface area contributed by atoms with Crippen molar-refractivity contribution < 1.29 is 13.6 Å². The predicted molar refractivity (Wildman–Crippen MR) is 101 cm³/mol. The summed E-state index contributed by atoms with van der Waals surface area (Å²) in [5.41, 5.74) is 1.70. The Morgan fingerprint density at radius 3 is 2.24 bits per heavy atom. The average Bonchev–Trinajstić information content (AvgIpc) is 2.54. The molecule has 132 valence electrons. The minimum absolute atomic E-state index is 0.401. The molecule has 0 spiro atoms. The van der Waals surface area contributed by atoms with Gasteiger partial charge in [-0.05, 0) is 59.7 Å². The predicted octanol–water partition coefficient (Wildman–Crippen LogP) is 3.54. The van der Waals surface area contributed by atoms with Crippen molar-refractivity contribution in [1.29, 1.82) is 0 Å². The molecular weight excluding hydrogens is 439 g/mol. The van der Waals surface area contributed by atoms with Crippen LogP contribution in [0.2, 0.25) is 0 Å². The molecule has 4 nitrogen and oxygen atoms in total. The van der Waals surface area contributed by atoms with E-state index in [0.717, 1.165) is 16.9 Å². The maximum atomic E-state index is 14.0. The molecule has 0 atom stereocenters. The lowest BCUT2D eigenvalue weighted by molar-refractivity contribution is 0.0736. The standard InChI is InChI=1S/C18H18F2IN3O/c1-11-7-12(2)17(22-10-11)23-3-5-24(6-4-23)18(25)16-14(19)8-13(21)9-15(16)20/h7-10H,3-6H2,1-2H3. The molecular formula is C18H18F2IN3O. The summed E-state index contributed by atoms with van der Waals surface area (Å²) >= 11 is 1.82. The van der Waals surface area contributed by atoms with Crippen LogP contribution in [0.4, 0.5) is 14.6 Å². The Labute approximate surface area is 159 Å². The van der Waals surface area contributed by atoms with E-state index in [2.05, 4.69) is 16.0 Å². The molecule has 7 heteroatoms. The van der Waals surface area contributed by atoms with Gasteiger partial charge in [-0.2, -0.15) is 0 Å². The Hall–Kier alpha value is -1.77. The van der Waals surface area contributed by atoms with Crippen LogP contribution in [0.15, 0.2) is 24.4 Å². The lowest BCUT2D eigenvalue weighted by Crippen LogP contribution is -2.49. The number of rotatable bonds is 2. The molecule has 1 amide bonds. The van der Waals surface area contributed by atoms with E-state index in [4.69, 9.17) is 0 Å². The molecule has 0 saturated carbocycles. The number of hydrogen-bond donors (Lipinski definition) is 0. The van der Waals surface area contributed by atoms with E-state index in [1.807, 2.05) is 42.6 Å². The number of amides is 1. The first-order valence-electron chi connectivity index (χ1n) is 7.99. The number of benzene rings is 1. The first-order valence-corrected chi connectivity index (χ1v) is 9.06. The lowest BCUT2D eigenvalue weighted by atomic mass is 10.1. The fraction of sp³-hybridized carbons (Fsp3) is 0.333. The summed E-state index contributed by atoms with van der Waals surface area (Å²) in [4.78, 5) is 20.6. The molecule has 1 aromatic heterocycles. The fourth-order valence-corrected chi connectivity index (χ4v) is 3.61. The SMILES string of the molecule is Cc1cnc(N2CCN(C(=O)c3c(F)cc(I)cc3F)CC2)c(C)c1. The summed E-state index contributed by atoms with van der Waals surface area (Å²) in [5, 5.41) is 0. The molecule has 1 aliphatic rings. The molecule has 0 unspecified atom stereocenters. The highest BCUT2D eigenvalue weighted by Gasteiger charge is 2.27.